The molecule has 0 unspecified atom stereocenters. The molecule has 4 heteroatoms. The van der Waals surface area contributed by atoms with Gasteiger partial charge in [0.25, 0.3) is 0 Å². The van der Waals surface area contributed by atoms with Gasteiger partial charge in [-0.2, -0.15) is 0 Å². The highest BCUT2D eigenvalue weighted by Crippen LogP contribution is 2.41. The summed E-state index contributed by atoms with van der Waals surface area (Å²) < 4.78 is 1.85. The third-order valence-corrected chi connectivity index (χ3v) is 4.94. The van der Waals surface area contributed by atoms with Crippen LogP contribution in [0.15, 0.2) is 34.3 Å². The van der Waals surface area contributed by atoms with Gasteiger partial charge in [0, 0.05) is 25.4 Å². The maximum atomic E-state index is 10.3. The van der Waals surface area contributed by atoms with Gasteiger partial charge >= 0.3 is 0 Å². The predicted octanol–water partition coefficient (Wildman–Crippen LogP) is 5.27. The Hall–Kier alpha value is -0.0600. The van der Waals surface area contributed by atoms with Gasteiger partial charge in [-0.25, -0.2) is 0 Å². The molecular weight excluding hydrogens is 412 g/mol. The molecule has 0 aromatic heterocycles. The van der Waals surface area contributed by atoms with Gasteiger partial charge in [-0.3, -0.25) is 0 Å². The summed E-state index contributed by atoms with van der Waals surface area (Å²) in [6, 6.07) is 0. The first-order valence-corrected chi connectivity index (χ1v) is 7.77. The Bertz CT molecular complexity index is 415. The molecule has 17 heavy (non-hydrogen) atoms. The number of hydrogen-bond acceptors (Lipinski definition) is 1. The fourth-order valence-electron chi connectivity index (χ4n) is 1.63. The molecule has 0 heterocycles. The van der Waals surface area contributed by atoms with Crippen molar-refractivity contribution in [1.82, 2.24) is 0 Å². The first-order valence-electron chi connectivity index (χ1n) is 5.06. The van der Waals surface area contributed by atoms with Crippen LogP contribution in [0.2, 0.25) is 0 Å². The average Bonchev–Trinajstić information content (AvgIpc) is 2.31. The van der Waals surface area contributed by atoms with Gasteiger partial charge in [0.2, 0.25) is 0 Å². The Morgan fingerprint density at radius 3 is 1.65 bits per heavy atom. The van der Waals surface area contributed by atoms with Gasteiger partial charge in [0.1, 0.15) is 5.75 Å². The van der Waals surface area contributed by atoms with E-state index >= 15 is 0 Å². The number of rotatable bonds is 5. The molecule has 0 bridgehead atoms. The van der Waals surface area contributed by atoms with Crippen molar-refractivity contribution in [2.24, 2.45) is 0 Å². The fraction of sp³-hybridized carbons (Fsp3) is 0.231. The molecular formula is C13H13Br3O. The van der Waals surface area contributed by atoms with E-state index in [1.807, 2.05) is 0 Å². The van der Waals surface area contributed by atoms with Crippen molar-refractivity contribution < 1.29 is 5.11 Å². The Morgan fingerprint density at radius 1 is 0.941 bits per heavy atom. The lowest BCUT2D eigenvalue weighted by Crippen LogP contribution is -1.98. The smallest absolute Gasteiger partial charge is 0.124 e. The largest absolute Gasteiger partial charge is 0.507 e. The van der Waals surface area contributed by atoms with Crippen molar-refractivity contribution in [3.63, 3.8) is 0 Å². The summed E-state index contributed by atoms with van der Waals surface area (Å²) in [5.74, 6) is 0.313. The molecule has 1 nitrogen and oxygen atoms in total. The van der Waals surface area contributed by atoms with Crippen LogP contribution < -0.4 is 0 Å². The van der Waals surface area contributed by atoms with Gasteiger partial charge in [-0.05, 0) is 18.4 Å². The minimum absolute atomic E-state index is 0.313. The van der Waals surface area contributed by atoms with Gasteiger partial charge in [-0.15, -0.1) is 13.2 Å². The van der Waals surface area contributed by atoms with Gasteiger partial charge in [0.15, 0.2) is 0 Å². The molecule has 1 aromatic rings. The summed E-state index contributed by atoms with van der Waals surface area (Å²) in [5, 5.41) is 11.0. The van der Waals surface area contributed by atoms with Crippen LogP contribution in [0.5, 0.6) is 5.75 Å². The van der Waals surface area contributed by atoms with Crippen molar-refractivity contribution in [2.75, 3.05) is 0 Å². The number of hydrogen-bond donors (Lipinski definition) is 1. The number of alkyl halides is 1. The summed E-state index contributed by atoms with van der Waals surface area (Å²) in [5.41, 5.74) is 2.83. The predicted molar refractivity (Wildman–Crippen MR) is 83.9 cm³/mol. The third kappa shape index (κ3) is 3.04. The molecule has 92 valence electrons. The Morgan fingerprint density at radius 2 is 1.35 bits per heavy atom. The second-order valence-corrected chi connectivity index (χ2v) is 5.68. The normalized spacial score (nSPS) is 10.3. The minimum atomic E-state index is 0.313. The van der Waals surface area contributed by atoms with Crippen LogP contribution in [-0.2, 0) is 18.2 Å². The minimum Gasteiger partial charge on any atom is -0.507 e. The zero-order valence-electron chi connectivity index (χ0n) is 9.27. The van der Waals surface area contributed by atoms with Crippen LogP contribution in [0.1, 0.15) is 16.7 Å². The van der Waals surface area contributed by atoms with Crippen LogP contribution in [-0.4, -0.2) is 5.11 Å². The molecule has 0 atom stereocenters. The molecule has 0 aliphatic heterocycles. The van der Waals surface area contributed by atoms with Crippen molar-refractivity contribution in [2.45, 2.75) is 18.2 Å². The number of phenols is 1. The molecule has 0 radical (unpaired) electrons. The molecule has 0 saturated carbocycles. The summed E-state index contributed by atoms with van der Waals surface area (Å²) >= 11 is 10.5. The molecule has 1 rings (SSSR count). The molecule has 1 N–H and O–H groups in total. The number of phenolic OH excluding ortho intramolecular Hbond substituents is 1. The van der Waals surface area contributed by atoms with E-state index < -0.39 is 0 Å². The molecule has 1 aromatic carbocycles. The van der Waals surface area contributed by atoms with Gasteiger partial charge in [0.05, 0.1) is 0 Å². The van der Waals surface area contributed by atoms with Crippen molar-refractivity contribution in [1.29, 1.82) is 0 Å². The molecule has 0 amide bonds. The molecule has 0 aliphatic carbocycles. The standard InChI is InChI=1S/C13H13Br3O/c1-3-5-8-11(15)10(7-14)12(16)9(6-4-2)13(8)17/h3-4,17H,1-2,5-7H2. The lowest BCUT2D eigenvalue weighted by molar-refractivity contribution is 0.462. The number of benzene rings is 1. The first-order chi connectivity index (χ1) is 8.08. The highest BCUT2D eigenvalue weighted by molar-refractivity contribution is 9.11. The van der Waals surface area contributed by atoms with Gasteiger partial charge < -0.3 is 5.11 Å². The van der Waals surface area contributed by atoms with Crippen LogP contribution >= 0.6 is 47.8 Å². The second kappa shape index (κ2) is 6.76. The quantitative estimate of drug-likeness (QED) is 0.504. The van der Waals surface area contributed by atoms with E-state index in [9.17, 15) is 5.11 Å². The summed E-state index contributed by atoms with van der Waals surface area (Å²) in [7, 11) is 0. The van der Waals surface area contributed by atoms with Crippen LogP contribution in [0.3, 0.4) is 0 Å². The number of allylic oxidation sites excluding steroid dienone is 2. The lowest BCUT2D eigenvalue weighted by atomic mass is 10.0. The maximum Gasteiger partial charge on any atom is 0.124 e. The van der Waals surface area contributed by atoms with E-state index in [2.05, 4.69) is 60.9 Å². The lowest BCUT2D eigenvalue weighted by Gasteiger charge is -2.16. The number of halogens is 3. The van der Waals surface area contributed by atoms with Crippen molar-refractivity contribution in [3.8, 4) is 5.75 Å². The van der Waals surface area contributed by atoms with E-state index in [1.165, 1.54) is 0 Å². The highest BCUT2D eigenvalue weighted by Gasteiger charge is 2.18. The van der Waals surface area contributed by atoms with Crippen LogP contribution in [0.25, 0.3) is 0 Å². The topological polar surface area (TPSA) is 20.2 Å². The third-order valence-electron chi connectivity index (χ3n) is 2.46. The molecule has 0 aliphatic rings. The summed E-state index contributed by atoms with van der Waals surface area (Å²) in [6.45, 7) is 7.43. The highest BCUT2D eigenvalue weighted by atomic mass is 79.9. The van der Waals surface area contributed by atoms with E-state index in [4.69, 9.17) is 0 Å². The second-order valence-electron chi connectivity index (χ2n) is 3.53. The van der Waals surface area contributed by atoms with E-state index in [-0.39, 0.29) is 0 Å². The molecule has 0 fully saturated rings. The summed E-state index contributed by atoms with van der Waals surface area (Å²) in [4.78, 5) is 0. The number of aromatic hydroxyl groups is 1. The van der Waals surface area contributed by atoms with Crippen LogP contribution in [0.4, 0.5) is 0 Å². The first kappa shape index (κ1) is 15.0. The zero-order chi connectivity index (χ0) is 13.0. The van der Waals surface area contributed by atoms with Crippen LogP contribution in [0, 0.1) is 0 Å². The zero-order valence-corrected chi connectivity index (χ0v) is 14.0. The van der Waals surface area contributed by atoms with Crippen molar-refractivity contribution in [3.05, 3.63) is 50.9 Å². The van der Waals surface area contributed by atoms with Crippen molar-refractivity contribution >= 4 is 47.8 Å². The average molecular weight is 425 g/mol. The van der Waals surface area contributed by atoms with Gasteiger partial charge in [-0.1, -0.05) is 59.9 Å². The Labute approximate surface area is 127 Å². The Balaban J connectivity index is 3.55. The van der Waals surface area contributed by atoms with E-state index in [0.29, 0.717) is 23.9 Å². The Kier molecular flexibility index (Phi) is 5.97. The molecule has 0 spiro atoms. The van der Waals surface area contributed by atoms with E-state index in [0.717, 1.165) is 25.6 Å². The monoisotopic (exact) mass is 422 g/mol. The maximum absolute atomic E-state index is 10.3. The van der Waals surface area contributed by atoms with E-state index in [1.54, 1.807) is 12.2 Å². The summed E-state index contributed by atoms with van der Waals surface area (Å²) in [6.07, 6.45) is 4.82. The molecule has 0 saturated heterocycles. The SMILES string of the molecule is C=CCc1c(O)c(CC=C)c(Br)c(CBr)c1Br. The fourth-order valence-corrected chi connectivity index (χ4v) is 4.58.